The average Bonchev–Trinajstić information content (AvgIpc) is 3.06. The molecule has 1 saturated heterocycles. The molecule has 0 unspecified atom stereocenters. The van der Waals surface area contributed by atoms with Gasteiger partial charge >= 0.3 is 0 Å². The summed E-state index contributed by atoms with van der Waals surface area (Å²) in [5, 5.41) is 5.64. The molecular formula is C22H25N3O3. The molecule has 3 amide bonds. The van der Waals surface area contributed by atoms with Crippen LogP contribution >= 0.6 is 0 Å². The zero-order valence-corrected chi connectivity index (χ0v) is 16.0. The SMILES string of the molecule is CC(=O)Nc1ccc(CC(=O)NCc2cccc(CN3CCCC3=O)c2)cc1. The zero-order chi connectivity index (χ0) is 19.9. The third-order valence-corrected chi connectivity index (χ3v) is 4.66. The van der Waals surface area contributed by atoms with Gasteiger partial charge in [0.05, 0.1) is 6.42 Å². The van der Waals surface area contributed by atoms with Crippen molar-refractivity contribution in [3.63, 3.8) is 0 Å². The number of rotatable bonds is 7. The molecule has 3 rings (SSSR count). The third kappa shape index (κ3) is 5.67. The predicted molar refractivity (Wildman–Crippen MR) is 107 cm³/mol. The molecule has 6 heteroatoms. The van der Waals surface area contributed by atoms with Crippen molar-refractivity contribution >= 4 is 23.4 Å². The molecule has 28 heavy (non-hydrogen) atoms. The van der Waals surface area contributed by atoms with Gasteiger partial charge in [-0.1, -0.05) is 36.4 Å². The molecule has 6 nitrogen and oxygen atoms in total. The molecule has 1 aliphatic rings. The molecule has 1 heterocycles. The largest absolute Gasteiger partial charge is 0.352 e. The quantitative estimate of drug-likeness (QED) is 0.776. The van der Waals surface area contributed by atoms with Crippen LogP contribution in [0, 0.1) is 0 Å². The van der Waals surface area contributed by atoms with Crippen LogP contribution in [0.1, 0.15) is 36.5 Å². The van der Waals surface area contributed by atoms with Crippen LogP contribution in [0.15, 0.2) is 48.5 Å². The first-order valence-electron chi connectivity index (χ1n) is 9.48. The first-order chi connectivity index (χ1) is 13.5. The highest BCUT2D eigenvalue weighted by Gasteiger charge is 2.19. The van der Waals surface area contributed by atoms with Crippen LogP contribution in [0.2, 0.25) is 0 Å². The third-order valence-electron chi connectivity index (χ3n) is 4.66. The van der Waals surface area contributed by atoms with Gasteiger partial charge in [-0.3, -0.25) is 14.4 Å². The first-order valence-corrected chi connectivity index (χ1v) is 9.48. The van der Waals surface area contributed by atoms with Gasteiger partial charge in [-0.2, -0.15) is 0 Å². The van der Waals surface area contributed by atoms with Crippen LogP contribution in [-0.2, 0) is 33.9 Å². The maximum absolute atomic E-state index is 12.2. The van der Waals surface area contributed by atoms with Crippen LogP contribution in [-0.4, -0.2) is 29.2 Å². The van der Waals surface area contributed by atoms with Gasteiger partial charge in [-0.25, -0.2) is 0 Å². The summed E-state index contributed by atoms with van der Waals surface area (Å²) >= 11 is 0. The summed E-state index contributed by atoms with van der Waals surface area (Å²) in [5.41, 5.74) is 3.69. The second kappa shape index (κ2) is 9.17. The predicted octanol–water partition coefficient (Wildman–Crippen LogP) is 2.63. The topological polar surface area (TPSA) is 78.5 Å². The van der Waals surface area contributed by atoms with Crippen molar-refractivity contribution in [1.29, 1.82) is 0 Å². The Labute approximate surface area is 164 Å². The lowest BCUT2D eigenvalue weighted by Crippen LogP contribution is -2.25. The highest BCUT2D eigenvalue weighted by molar-refractivity contribution is 5.88. The minimum Gasteiger partial charge on any atom is -0.352 e. The molecule has 0 aromatic heterocycles. The Morgan fingerprint density at radius 1 is 1.04 bits per heavy atom. The van der Waals surface area contributed by atoms with Crippen molar-refractivity contribution < 1.29 is 14.4 Å². The fourth-order valence-corrected chi connectivity index (χ4v) is 3.29. The lowest BCUT2D eigenvalue weighted by Gasteiger charge is -2.16. The molecule has 146 valence electrons. The Balaban J connectivity index is 1.49. The van der Waals surface area contributed by atoms with Crippen LogP contribution in [0.25, 0.3) is 0 Å². The molecule has 2 N–H and O–H groups in total. The van der Waals surface area contributed by atoms with E-state index in [0.717, 1.165) is 29.7 Å². The maximum Gasteiger partial charge on any atom is 0.224 e. The maximum atomic E-state index is 12.2. The van der Waals surface area contributed by atoms with Gasteiger partial charge in [0.1, 0.15) is 0 Å². The lowest BCUT2D eigenvalue weighted by molar-refractivity contribution is -0.128. The van der Waals surface area contributed by atoms with E-state index in [2.05, 4.69) is 10.6 Å². The summed E-state index contributed by atoms with van der Waals surface area (Å²) in [4.78, 5) is 36.9. The van der Waals surface area contributed by atoms with Gasteiger partial charge in [0, 0.05) is 38.7 Å². The second-order valence-electron chi connectivity index (χ2n) is 7.07. The molecule has 0 saturated carbocycles. The van der Waals surface area contributed by atoms with Gasteiger partial charge in [-0.05, 0) is 35.2 Å². The summed E-state index contributed by atoms with van der Waals surface area (Å²) < 4.78 is 0. The van der Waals surface area contributed by atoms with Crippen molar-refractivity contribution in [1.82, 2.24) is 10.2 Å². The van der Waals surface area contributed by atoms with Crippen molar-refractivity contribution in [2.45, 2.75) is 39.3 Å². The van der Waals surface area contributed by atoms with E-state index in [0.29, 0.717) is 25.2 Å². The van der Waals surface area contributed by atoms with Crippen LogP contribution < -0.4 is 10.6 Å². The molecule has 2 aromatic carbocycles. The van der Waals surface area contributed by atoms with Crippen molar-refractivity contribution in [2.24, 2.45) is 0 Å². The van der Waals surface area contributed by atoms with Crippen molar-refractivity contribution in [3.8, 4) is 0 Å². The van der Waals surface area contributed by atoms with Gasteiger partial charge in [0.2, 0.25) is 17.7 Å². The Kier molecular flexibility index (Phi) is 6.42. The van der Waals surface area contributed by atoms with Gasteiger partial charge < -0.3 is 15.5 Å². The highest BCUT2D eigenvalue weighted by Crippen LogP contribution is 2.15. The molecule has 1 aliphatic heterocycles. The van der Waals surface area contributed by atoms with Gasteiger partial charge in [0.25, 0.3) is 0 Å². The standard InChI is InChI=1S/C22H25N3O3/c1-16(26)24-20-9-7-17(8-10-20)13-21(27)23-14-18-4-2-5-19(12-18)15-25-11-3-6-22(25)28/h2,4-5,7-10,12H,3,6,11,13-15H2,1H3,(H,23,27)(H,24,26). The van der Waals surface area contributed by atoms with E-state index in [1.807, 2.05) is 41.3 Å². The van der Waals surface area contributed by atoms with Crippen LogP contribution in [0.5, 0.6) is 0 Å². The summed E-state index contributed by atoms with van der Waals surface area (Å²) in [6, 6.07) is 15.2. The number of nitrogens with one attached hydrogen (secondary N) is 2. The number of hydrogen-bond donors (Lipinski definition) is 2. The summed E-state index contributed by atoms with van der Waals surface area (Å²) in [5.74, 6) is 0.0254. The van der Waals surface area contributed by atoms with Crippen molar-refractivity contribution in [2.75, 3.05) is 11.9 Å². The molecule has 0 atom stereocenters. The first kappa shape index (κ1) is 19.6. The van der Waals surface area contributed by atoms with Crippen LogP contribution in [0.4, 0.5) is 5.69 Å². The fraction of sp³-hybridized carbons (Fsp3) is 0.318. The summed E-state index contributed by atoms with van der Waals surface area (Å²) in [6.07, 6.45) is 1.85. The molecular weight excluding hydrogens is 354 g/mol. The van der Waals surface area contributed by atoms with Gasteiger partial charge in [0.15, 0.2) is 0 Å². The smallest absolute Gasteiger partial charge is 0.224 e. The Bertz CT molecular complexity index is 862. The number of anilines is 1. The highest BCUT2D eigenvalue weighted by atomic mass is 16.2. The van der Waals surface area contributed by atoms with E-state index >= 15 is 0 Å². The van der Waals surface area contributed by atoms with E-state index in [1.54, 1.807) is 12.1 Å². The number of carbonyl (C=O) groups excluding carboxylic acids is 3. The number of carbonyl (C=O) groups is 3. The molecule has 0 aliphatic carbocycles. The van der Waals surface area contributed by atoms with E-state index in [9.17, 15) is 14.4 Å². The second-order valence-corrected chi connectivity index (χ2v) is 7.07. The van der Waals surface area contributed by atoms with E-state index < -0.39 is 0 Å². The molecule has 0 bridgehead atoms. The Morgan fingerprint density at radius 2 is 1.79 bits per heavy atom. The minimum absolute atomic E-state index is 0.0626. The average molecular weight is 379 g/mol. The number of nitrogens with zero attached hydrogens (tertiary/aromatic N) is 1. The molecule has 1 fully saturated rings. The number of benzene rings is 2. The Hall–Kier alpha value is -3.15. The van der Waals surface area contributed by atoms with E-state index in [4.69, 9.17) is 0 Å². The van der Waals surface area contributed by atoms with Gasteiger partial charge in [-0.15, -0.1) is 0 Å². The number of likely N-dealkylation sites (tertiary alicyclic amines) is 1. The number of hydrogen-bond acceptors (Lipinski definition) is 3. The minimum atomic E-state index is -0.123. The zero-order valence-electron chi connectivity index (χ0n) is 16.0. The molecule has 0 spiro atoms. The lowest BCUT2D eigenvalue weighted by atomic mass is 10.1. The monoisotopic (exact) mass is 379 g/mol. The summed E-state index contributed by atoms with van der Waals surface area (Å²) in [6.45, 7) is 3.35. The van der Waals surface area contributed by atoms with E-state index in [1.165, 1.54) is 6.92 Å². The number of amides is 3. The summed E-state index contributed by atoms with van der Waals surface area (Å²) in [7, 11) is 0. The normalized spacial score (nSPS) is 13.5. The van der Waals surface area contributed by atoms with Crippen molar-refractivity contribution in [3.05, 3.63) is 65.2 Å². The van der Waals surface area contributed by atoms with E-state index in [-0.39, 0.29) is 24.1 Å². The molecule has 0 radical (unpaired) electrons. The van der Waals surface area contributed by atoms with Crippen LogP contribution in [0.3, 0.4) is 0 Å². The molecule has 2 aromatic rings. The Morgan fingerprint density at radius 3 is 2.46 bits per heavy atom. The fourth-order valence-electron chi connectivity index (χ4n) is 3.29.